The number of nitrogens with one attached hydrogen (secondary N) is 1. The predicted molar refractivity (Wildman–Crippen MR) is 69.3 cm³/mol. The van der Waals surface area contributed by atoms with Gasteiger partial charge in [-0.3, -0.25) is 10.1 Å². The number of pyridine rings is 1. The van der Waals surface area contributed by atoms with Crippen LogP contribution in [-0.2, 0) is 5.41 Å². The zero-order chi connectivity index (χ0) is 12.8. The van der Waals surface area contributed by atoms with E-state index in [1.165, 1.54) is 0 Å². The van der Waals surface area contributed by atoms with Gasteiger partial charge in [0.25, 0.3) is 0 Å². The number of aromatic nitrogens is 5. The van der Waals surface area contributed by atoms with Gasteiger partial charge in [-0.05, 0) is 12.1 Å². The molecule has 18 heavy (non-hydrogen) atoms. The van der Waals surface area contributed by atoms with E-state index in [1.807, 2.05) is 24.3 Å². The third kappa shape index (κ3) is 1.77. The lowest BCUT2D eigenvalue weighted by Gasteiger charge is -2.14. The van der Waals surface area contributed by atoms with Crippen LogP contribution in [0.15, 0.2) is 30.5 Å². The van der Waals surface area contributed by atoms with Gasteiger partial charge in [-0.15, -0.1) is 5.10 Å². The third-order valence-corrected chi connectivity index (χ3v) is 2.83. The summed E-state index contributed by atoms with van der Waals surface area (Å²) >= 11 is 0. The van der Waals surface area contributed by atoms with Crippen molar-refractivity contribution in [2.24, 2.45) is 0 Å². The monoisotopic (exact) mass is 241 g/mol. The van der Waals surface area contributed by atoms with Gasteiger partial charge >= 0.3 is 0 Å². The number of hydrogen-bond acceptors (Lipinski definition) is 3. The van der Waals surface area contributed by atoms with Crippen LogP contribution in [0.25, 0.3) is 17.2 Å². The lowest BCUT2D eigenvalue weighted by Crippen LogP contribution is -2.12. The van der Waals surface area contributed by atoms with Crippen LogP contribution in [-0.4, -0.2) is 24.8 Å². The molecule has 0 fully saturated rings. The van der Waals surface area contributed by atoms with E-state index in [-0.39, 0.29) is 5.41 Å². The zero-order valence-electron chi connectivity index (χ0n) is 10.7. The summed E-state index contributed by atoms with van der Waals surface area (Å²) in [6.07, 6.45) is 1.74. The minimum atomic E-state index is 0.0630. The first-order valence-corrected chi connectivity index (χ1v) is 5.92. The van der Waals surface area contributed by atoms with Crippen molar-refractivity contribution >= 4 is 5.65 Å². The summed E-state index contributed by atoms with van der Waals surface area (Å²) in [5.41, 5.74) is 2.78. The van der Waals surface area contributed by atoms with E-state index in [4.69, 9.17) is 0 Å². The molecule has 0 aliphatic carbocycles. The second-order valence-corrected chi connectivity index (χ2v) is 5.34. The van der Waals surface area contributed by atoms with Crippen LogP contribution in [0.5, 0.6) is 0 Å². The zero-order valence-corrected chi connectivity index (χ0v) is 10.7. The van der Waals surface area contributed by atoms with E-state index < -0.39 is 0 Å². The van der Waals surface area contributed by atoms with E-state index in [0.717, 1.165) is 17.0 Å². The van der Waals surface area contributed by atoms with Gasteiger partial charge < -0.3 is 0 Å². The highest BCUT2D eigenvalue weighted by Crippen LogP contribution is 2.22. The standard InChI is InChI=1S/C13H15N5/c1-13(2,3)10-8-11-15-12(17-18(11)16-10)9-6-4-5-7-14-9/h4-8,16H,1-3H3. The maximum atomic E-state index is 4.48. The Hall–Kier alpha value is -2.17. The predicted octanol–water partition coefficient (Wildman–Crippen LogP) is 2.42. The third-order valence-electron chi connectivity index (χ3n) is 2.83. The summed E-state index contributed by atoms with van der Waals surface area (Å²) in [4.78, 5) is 8.72. The van der Waals surface area contributed by atoms with Crippen molar-refractivity contribution in [1.82, 2.24) is 24.8 Å². The molecule has 92 valence electrons. The molecule has 3 heterocycles. The molecular formula is C13H15N5. The average molecular weight is 241 g/mol. The smallest absolute Gasteiger partial charge is 0.202 e. The van der Waals surface area contributed by atoms with Gasteiger partial charge in [0.2, 0.25) is 5.82 Å². The average Bonchev–Trinajstić information content (AvgIpc) is 2.86. The largest absolute Gasteiger partial charge is 0.280 e. The van der Waals surface area contributed by atoms with Gasteiger partial charge in [-0.2, -0.15) is 4.63 Å². The fourth-order valence-corrected chi connectivity index (χ4v) is 1.76. The van der Waals surface area contributed by atoms with Crippen LogP contribution in [0.2, 0.25) is 0 Å². The number of fused-ring (bicyclic) bond motifs is 1. The van der Waals surface area contributed by atoms with Gasteiger partial charge in [-0.25, -0.2) is 4.98 Å². The molecule has 0 atom stereocenters. The van der Waals surface area contributed by atoms with Crippen LogP contribution < -0.4 is 0 Å². The maximum Gasteiger partial charge on any atom is 0.202 e. The van der Waals surface area contributed by atoms with Crippen molar-refractivity contribution in [3.8, 4) is 11.5 Å². The number of nitrogens with zero attached hydrogens (tertiary/aromatic N) is 4. The van der Waals surface area contributed by atoms with Crippen molar-refractivity contribution in [2.75, 3.05) is 0 Å². The Balaban J connectivity index is 2.07. The Morgan fingerprint density at radius 2 is 2.06 bits per heavy atom. The first-order valence-electron chi connectivity index (χ1n) is 5.92. The van der Waals surface area contributed by atoms with Gasteiger partial charge in [-0.1, -0.05) is 26.8 Å². The van der Waals surface area contributed by atoms with Crippen LogP contribution in [0.1, 0.15) is 26.5 Å². The molecule has 0 radical (unpaired) electrons. The van der Waals surface area contributed by atoms with Gasteiger partial charge in [0.05, 0.1) is 0 Å². The van der Waals surface area contributed by atoms with E-state index in [0.29, 0.717) is 5.82 Å². The van der Waals surface area contributed by atoms with E-state index >= 15 is 0 Å². The second-order valence-electron chi connectivity index (χ2n) is 5.34. The molecular weight excluding hydrogens is 226 g/mol. The Kier molecular flexibility index (Phi) is 2.23. The fourth-order valence-electron chi connectivity index (χ4n) is 1.76. The first-order chi connectivity index (χ1) is 8.54. The van der Waals surface area contributed by atoms with Crippen LogP contribution >= 0.6 is 0 Å². The summed E-state index contributed by atoms with van der Waals surface area (Å²) in [5, 5.41) is 7.65. The van der Waals surface area contributed by atoms with E-state index in [1.54, 1.807) is 10.8 Å². The topological polar surface area (TPSA) is 58.9 Å². The normalized spacial score (nSPS) is 12.2. The summed E-state index contributed by atoms with van der Waals surface area (Å²) in [5.74, 6) is 0.641. The number of hydrogen-bond donors (Lipinski definition) is 1. The maximum absolute atomic E-state index is 4.48. The summed E-state index contributed by atoms with van der Waals surface area (Å²) < 4.78 is 1.70. The molecule has 0 bridgehead atoms. The highest BCUT2D eigenvalue weighted by Gasteiger charge is 2.18. The van der Waals surface area contributed by atoms with Crippen LogP contribution in [0.3, 0.4) is 0 Å². The molecule has 0 aliphatic rings. The van der Waals surface area contributed by atoms with Crippen molar-refractivity contribution in [1.29, 1.82) is 0 Å². The lowest BCUT2D eigenvalue weighted by molar-refractivity contribution is 0.557. The molecule has 0 unspecified atom stereocenters. The molecule has 0 saturated heterocycles. The van der Waals surface area contributed by atoms with Gasteiger partial charge in [0.15, 0.2) is 5.65 Å². The quantitative estimate of drug-likeness (QED) is 0.711. The molecule has 0 aliphatic heterocycles. The van der Waals surface area contributed by atoms with Crippen molar-refractivity contribution in [2.45, 2.75) is 26.2 Å². The Labute approximate surface area is 105 Å². The molecule has 0 spiro atoms. The highest BCUT2D eigenvalue weighted by molar-refractivity contribution is 5.53. The molecule has 0 amide bonds. The number of H-pyrrole nitrogens is 1. The molecule has 3 aromatic rings. The minimum Gasteiger partial charge on any atom is -0.280 e. The molecule has 5 nitrogen and oxygen atoms in total. The van der Waals surface area contributed by atoms with E-state index in [2.05, 4.69) is 40.9 Å². The summed E-state index contributed by atoms with van der Waals surface area (Å²) in [6.45, 7) is 6.45. The molecule has 1 N–H and O–H groups in total. The Morgan fingerprint density at radius 1 is 1.22 bits per heavy atom. The molecule has 3 aromatic heterocycles. The molecule has 0 aromatic carbocycles. The number of rotatable bonds is 1. The molecule has 0 saturated carbocycles. The van der Waals surface area contributed by atoms with Gasteiger partial charge in [0, 0.05) is 23.4 Å². The Bertz CT molecular complexity index is 641. The molecule has 3 rings (SSSR count). The minimum absolute atomic E-state index is 0.0630. The van der Waals surface area contributed by atoms with E-state index in [9.17, 15) is 0 Å². The second kappa shape index (κ2) is 3.66. The summed E-state index contributed by atoms with van der Waals surface area (Å²) in [7, 11) is 0. The first kappa shape index (κ1) is 11.0. The van der Waals surface area contributed by atoms with Crippen LogP contribution in [0.4, 0.5) is 0 Å². The van der Waals surface area contributed by atoms with Crippen molar-refractivity contribution < 1.29 is 0 Å². The molecule has 5 heteroatoms. The fraction of sp³-hybridized carbons (Fsp3) is 0.308. The van der Waals surface area contributed by atoms with Crippen molar-refractivity contribution in [3.05, 3.63) is 36.2 Å². The van der Waals surface area contributed by atoms with Crippen molar-refractivity contribution in [3.63, 3.8) is 0 Å². The SMILES string of the molecule is CC(C)(C)c1cc2nc(-c3ccccn3)nn2[nH]1. The van der Waals surface area contributed by atoms with Crippen LogP contribution in [0, 0.1) is 0 Å². The Morgan fingerprint density at radius 3 is 2.67 bits per heavy atom. The highest BCUT2D eigenvalue weighted by atomic mass is 15.5. The van der Waals surface area contributed by atoms with Gasteiger partial charge in [0.1, 0.15) is 5.69 Å². The lowest BCUT2D eigenvalue weighted by atomic mass is 9.93. The summed E-state index contributed by atoms with van der Waals surface area (Å²) in [6, 6.07) is 7.74. The number of aromatic amines is 1.